The maximum Gasteiger partial charge on any atom is 0.411 e. The predicted octanol–water partition coefficient (Wildman–Crippen LogP) is 2.94. The van der Waals surface area contributed by atoms with Crippen LogP contribution in [-0.4, -0.2) is 66.2 Å². The zero-order valence-corrected chi connectivity index (χ0v) is 17.2. The highest BCUT2D eigenvalue weighted by atomic mass is 19.1. The Morgan fingerprint density at radius 2 is 1.86 bits per heavy atom. The second kappa shape index (κ2) is 8.00. The van der Waals surface area contributed by atoms with Gasteiger partial charge in [-0.2, -0.15) is 0 Å². The van der Waals surface area contributed by atoms with Crippen LogP contribution in [0.1, 0.15) is 55.5 Å². The zero-order valence-electron chi connectivity index (χ0n) is 17.2. The molecular formula is C21H27FN2O5. The number of rotatable bonds is 5. The average Bonchev–Trinajstić information content (AvgIpc) is 3.42. The maximum atomic E-state index is 14.6. The topological polar surface area (TPSA) is 76.2 Å². The summed E-state index contributed by atoms with van der Waals surface area (Å²) in [5.74, 6) is -1.72. The molecule has 0 atom stereocenters. The van der Waals surface area contributed by atoms with E-state index in [0.717, 1.165) is 12.8 Å². The van der Waals surface area contributed by atoms with Crippen LogP contribution in [0.4, 0.5) is 9.18 Å². The lowest BCUT2D eigenvalue weighted by Crippen LogP contribution is -2.53. The summed E-state index contributed by atoms with van der Waals surface area (Å²) in [5, 5.41) is 0. The second-order valence-corrected chi connectivity index (χ2v) is 8.54. The Hall–Kier alpha value is -2.64. The number of amides is 2. The fraction of sp³-hybridized carbons (Fsp3) is 0.571. The van der Waals surface area contributed by atoms with Gasteiger partial charge in [-0.3, -0.25) is 9.69 Å². The largest absolute Gasteiger partial charge is 0.465 e. The monoisotopic (exact) mass is 406 g/mol. The van der Waals surface area contributed by atoms with Crippen molar-refractivity contribution in [2.45, 2.75) is 51.2 Å². The van der Waals surface area contributed by atoms with E-state index in [1.165, 1.54) is 18.1 Å². The van der Waals surface area contributed by atoms with Crippen molar-refractivity contribution in [3.05, 3.63) is 35.1 Å². The molecule has 1 saturated heterocycles. The molecule has 0 spiro atoms. The van der Waals surface area contributed by atoms with Gasteiger partial charge >= 0.3 is 12.1 Å². The van der Waals surface area contributed by atoms with Gasteiger partial charge in [-0.25, -0.2) is 14.0 Å². The fourth-order valence-electron chi connectivity index (χ4n) is 3.31. The molecule has 29 heavy (non-hydrogen) atoms. The first kappa shape index (κ1) is 21.1. The summed E-state index contributed by atoms with van der Waals surface area (Å²) in [4.78, 5) is 39.8. The number of likely N-dealkylation sites (tertiary alicyclic amines) is 1. The Morgan fingerprint density at radius 1 is 1.21 bits per heavy atom. The molecule has 158 valence electrons. The van der Waals surface area contributed by atoms with Crippen molar-refractivity contribution in [1.29, 1.82) is 0 Å². The number of nitrogens with zero attached hydrogens (tertiary/aromatic N) is 2. The first-order chi connectivity index (χ1) is 13.6. The molecular weight excluding hydrogens is 379 g/mol. The van der Waals surface area contributed by atoms with Crippen molar-refractivity contribution >= 4 is 18.0 Å². The second-order valence-electron chi connectivity index (χ2n) is 8.54. The van der Waals surface area contributed by atoms with Gasteiger partial charge in [0.1, 0.15) is 18.0 Å². The number of carbonyl (C=O) groups is 3. The lowest BCUT2D eigenvalue weighted by molar-refractivity contribution is -0.137. The van der Waals surface area contributed by atoms with Crippen molar-refractivity contribution in [2.75, 3.05) is 26.7 Å². The Bertz CT molecular complexity index is 810. The van der Waals surface area contributed by atoms with Gasteiger partial charge in [0, 0.05) is 25.0 Å². The normalized spacial score (nSPS) is 16.8. The molecule has 8 heteroatoms. The number of hydrogen-bond donors (Lipinski definition) is 0. The average molecular weight is 406 g/mol. The summed E-state index contributed by atoms with van der Waals surface area (Å²) >= 11 is 0. The number of carbonyl (C=O) groups excluding carboxylic acids is 3. The summed E-state index contributed by atoms with van der Waals surface area (Å²) < 4.78 is 24.6. The minimum atomic E-state index is -0.728. The third kappa shape index (κ3) is 4.86. The van der Waals surface area contributed by atoms with Gasteiger partial charge < -0.3 is 14.4 Å². The minimum Gasteiger partial charge on any atom is -0.465 e. The maximum absolute atomic E-state index is 14.6. The highest BCUT2D eigenvalue weighted by Crippen LogP contribution is 2.32. The molecule has 3 rings (SSSR count). The number of halogens is 1. The molecule has 7 nitrogen and oxygen atoms in total. The van der Waals surface area contributed by atoms with E-state index in [-0.39, 0.29) is 30.0 Å². The highest BCUT2D eigenvalue weighted by Gasteiger charge is 2.40. The minimum absolute atomic E-state index is 0.0417. The van der Waals surface area contributed by atoms with Crippen molar-refractivity contribution in [1.82, 2.24) is 9.80 Å². The van der Waals surface area contributed by atoms with E-state index in [2.05, 4.69) is 4.74 Å². The number of benzene rings is 1. The highest BCUT2D eigenvalue weighted by molar-refractivity contribution is 5.90. The van der Waals surface area contributed by atoms with Gasteiger partial charge in [0.2, 0.25) is 5.91 Å². The van der Waals surface area contributed by atoms with Crippen LogP contribution in [0.5, 0.6) is 0 Å². The molecule has 0 radical (unpaired) electrons. The van der Waals surface area contributed by atoms with Crippen LogP contribution in [0, 0.1) is 5.82 Å². The molecule has 2 aliphatic rings. The summed E-state index contributed by atoms with van der Waals surface area (Å²) in [6.07, 6.45) is 1.24. The Morgan fingerprint density at radius 3 is 2.41 bits per heavy atom. The van der Waals surface area contributed by atoms with Crippen LogP contribution in [0.25, 0.3) is 0 Å². The van der Waals surface area contributed by atoms with E-state index < -0.39 is 23.5 Å². The molecule has 0 N–H and O–H groups in total. The van der Waals surface area contributed by atoms with Crippen LogP contribution in [-0.2, 0) is 14.3 Å². The van der Waals surface area contributed by atoms with E-state index in [0.29, 0.717) is 18.7 Å². The number of hydrogen-bond acceptors (Lipinski definition) is 5. The van der Waals surface area contributed by atoms with Crippen molar-refractivity contribution in [3.63, 3.8) is 0 Å². The van der Waals surface area contributed by atoms with E-state index in [1.54, 1.807) is 37.8 Å². The summed E-state index contributed by atoms with van der Waals surface area (Å²) in [7, 11) is 1.20. The van der Waals surface area contributed by atoms with Crippen LogP contribution >= 0.6 is 0 Å². The Balaban J connectivity index is 1.60. The number of ether oxygens (including phenoxy) is 2. The van der Waals surface area contributed by atoms with Crippen LogP contribution < -0.4 is 0 Å². The molecule has 0 unspecified atom stereocenters. The zero-order chi connectivity index (χ0) is 21.3. The molecule has 1 heterocycles. The lowest BCUT2D eigenvalue weighted by Gasteiger charge is -2.40. The smallest absolute Gasteiger partial charge is 0.411 e. The first-order valence-corrected chi connectivity index (χ1v) is 9.75. The molecule has 1 aliphatic heterocycles. The quantitative estimate of drug-likeness (QED) is 0.703. The van der Waals surface area contributed by atoms with E-state index in [9.17, 15) is 18.8 Å². The van der Waals surface area contributed by atoms with Crippen molar-refractivity contribution < 1.29 is 28.2 Å². The van der Waals surface area contributed by atoms with Gasteiger partial charge in [-0.15, -0.1) is 0 Å². The van der Waals surface area contributed by atoms with Crippen LogP contribution in [0.3, 0.4) is 0 Å². The fourth-order valence-corrected chi connectivity index (χ4v) is 3.31. The van der Waals surface area contributed by atoms with Crippen molar-refractivity contribution in [2.24, 2.45) is 0 Å². The lowest BCUT2D eigenvalue weighted by atomic mass is 9.89. The molecule has 0 bridgehead atoms. The number of esters is 1. The van der Waals surface area contributed by atoms with Gasteiger partial charge in [0.25, 0.3) is 0 Å². The molecule has 0 aromatic heterocycles. The van der Waals surface area contributed by atoms with E-state index in [1.807, 2.05) is 0 Å². The molecule has 2 amide bonds. The van der Waals surface area contributed by atoms with Gasteiger partial charge in [-0.05, 0) is 45.2 Å². The molecule has 2 fully saturated rings. The van der Waals surface area contributed by atoms with Crippen LogP contribution in [0.15, 0.2) is 18.2 Å². The van der Waals surface area contributed by atoms with Gasteiger partial charge in [0.15, 0.2) is 0 Å². The summed E-state index contributed by atoms with van der Waals surface area (Å²) in [6.45, 7) is 6.00. The Labute approximate surface area is 169 Å². The summed E-state index contributed by atoms with van der Waals surface area (Å²) in [5.41, 5.74) is -0.347. The van der Waals surface area contributed by atoms with E-state index >= 15 is 0 Å². The van der Waals surface area contributed by atoms with Gasteiger partial charge in [-0.1, -0.05) is 12.1 Å². The standard InChI is InChI=1S/C21H27FN2O5/c1-21(2,3)29-20(27)24(14-8-9-14)12-17(25)23-10-13(11-23)15-6-5-7-16(18(15)22)19(26)28-4/h5-7,13-14H,8-12H2,1-4H3. The summed E-state index contributed by atoms with van der Waals surface area (Å²) in [6, 6.07) is 4.64. The molecule has 1 saturated carbocycles. The molecule has 1 aliphatic carbocycles. The van der Waals surface area contributed by atoms with Crippen molar-refractivity contribution in [3.8, 4) is 0 Å². The third-order valence-electron chi connectivity index (χ3n) is 5.03. The van der Waals surface area contributed by atoms with Gasteiger partial charge in [0.05, 0.1) is 12.7 Å². The predicted molar refractivity (Wildman–Crippen MR) is 103 cm³/mol. The molecule has 1 aromatic carbocycles. The van der Waals surface area contributed by atoms with E-state index in [4.69, 9.17) is 4.74 Å². The SMILES string of the molecule is COC(=O)c1cccc(C2CN(C(=O)CN(C(=O)OC(C)(C)C)C3CC3)C2)c1F. The third-order valence-corrected chi connectivity index (χ3v) is 5.03. The molecule has 1 aromatic rings. The number of methoxy groups -OCH3 is 1. The Kier molecular flexibility index (Phi) is 5.82. The van der Waals surface area contributed by atoms with Crippen LogP contribution in [0.2, 0.25) is 0 Å². The first-order valence-electron chi connectivity index (χ1n) is 9.75.